The van der Waals surface area contributed by atoms with Gasteiger partial charge < -0.3 is 20.7 Å². The van der Waals surface area contributed by atoms with Gasteiger partial charge in [-0.15, -0.1) is 0 Å². The molecular weight excluding hydrogens is 437 g/mol. The second-order valence-electron chi connectivity index (χ2n) is 7.07. The first-order chi connectivity index (χ1) is 14.9. The molecule has 0 saturated carbocycles. The molecule has 7 nitrogen and oxygen atoms in total. The Bertz CT molecular complexity index is 1030. The van der Waals surface area contributed by atoms with Gasteiger partial charge in [0.2, 0.25) is 0 Å². The summed E-state index contributed by atoms with van der Waals surface area (Å²) in [5, 5.41) is 3.90. The summed E-state index contributed by atoms with van der Waals surface area (Å²) in [6.45, 7) is 0.493. The predicted molar refractivity (Wildman–Crippen MR) is 122 cm³/mol. The molecule has 0 aliphatic heterocycles. The lowest BCUT2D eigenvalue weighted by molar-refractivity contribution is 0.0941. The van der Waals surface area contributed by atoms with Crippen LogP contribution in [-0.2, 0) is 6.61 Å². The van der Waals surface area contributed by atoms with Gasteiger partial charge in [0.25, 0.3) is 5.91 Å². The second-order valence-corrected chi connectivity index (χ2v) is 7.89. The number of amides is 1. The molecule has 162 valence electrons. The van der Waals surface area contributed by atoms with Crippen LogP contribution in [0, 0.1) is 0 Å². The fourth-order valence-corrected chi connectivity index (χ4v) is 3.48. The Hall–Kier alpha value is -2.87. The molecule has 3 aromatic rings. The Morgan fingerprint density at radius 2 is 1.94 bits per heavy atom. The van der Waals surface area contributed by atoms with Gasteiger partial charge in [0, 0.05) is 40.7 Å². The number of nitrogen functional groups attached to an aromatic ring is 1. The highest BCUT2D eigenvalue weighted by Crippen LogP contribution is 2.28. The third kappa shape index (κ3) is 5.85. The summed E-state index contributed by atoms with van der Waals surface area (Å²) in [4.78, 5) is 23.0. The van der Waals surface area contributed by atoms with Crippen molar-refractivity contribution in [2.75, 3.05) is 26.4 Å². The predicted octanol–water partition coefficient (Wildman–Crippen LogP) is 3.98. The standard InChI is InChI=1S/C22H23Cl2N5O2/c1-29(2)19(14-5-4-8-26-10-14)12-28-22(30)15-9-20(21(25)27-11-15)31-13-16-17(23)6-3-7-18(16)24/h3-11,19H,12-13H2,1-2H3,(H2,25,27)(H,28,30). The van der Waals surface area contributed by atoms with Crippen LogP contribution in [0.15, 0.2) is 55.0 Å². The minimum Gasteiger partial charge on any atom is -0.485 e. The lowest BCUT2D eigenvalue weighted by Gasteiger charge is -2.24. The van der Waals surface area contributed by atoms with Gasteiger partial charge in [0.1, 0.15) is 6.61 Å². The number of nitrogens with one attached hydrogen (secondary N) is 1. The molecule has 0 aliphatic rings. The normalized spacial score (nSPS) is 11.9. The molecule has 0 aliphatic carbocycles. The first kappa shape index (κ1) is 22.8. The molecule has 1 unspecified atom stereocenters. The lowest BCUT2D eigenvalue weighted by atomic mass is 10.1. The summed E-state index contributed by atoms with van der Waals surface area (Å²) in [5.74, 6) is 0.158. The number of pyridine rings is 2. The van der Waals surface area contributed by atoms with E-state index in [-0.39, 0.29) is 30.1 Å². The van der Waals surface area contributed by atoms with Gasteiger partial charge >= 0.3 is 0 Å². The van der Waals surface area contributed by atoms with Crippen molar-refractivity contribution in [3.8, 4) is 5.75 Å². The molecule has 0 bridgehead atoms. The summed E-state index contributed by atoms with van der Waals surface area (Å²) < 4.78 is 5.76. The number of likely N-dealkylation sites (N-methyl/N-ethyl adjacent to an activating group) is 1. The zero-order chi connectivity index (χ0) is 22.4. The van der Waals surface area contributed by atoms with Crippen LogP contribution in [-0.4, -0.2) is 41.4 Å². The van der Waals surface area contributed by atoms with Crippen molar-refractivity contribution in [1.82, 2.24) is 20.2 Å². The van der Waals surface area contributed by atoms with E-state index in [1.807, 2.05) is 31.1 Å². The number of ether oxygens (including phenoxy) is 1. The van der Waals surface area contributed by atoms with Crippen molar-refractivity contribution in [2.24, 2.45) is 0 Å². The van der Waals surface area contributed by atoms with Crippen LogP contribution in [0.5, 0.6) is 5.75 Å². The largest absolute Gasteiger partial charge is 0.485 e. The zero-order valence-electron chi connectivity index (χ0n) is 17.2. The summed E-state index contributed by atoms with van der Waals surface area (Å²) in [6, 6.07) is 10.6. The van der Waals surface area contributed by atoms with Gasteiger partial charge in [-0.05, 0) is 43.9 Å². The van der Waals surface area contributed by atoms with Crippen molar-refractivity contribution in [3.05, 3.63) is 81.7 Å². The van der Waals surface area contributed by atoms with E-state index in [9.17, 15) is 4.79 Å². The van der Waals surface area contributed by atoms with Crippen LogP contribution in [0.4, 0.5) is 5.82 Å². The van der Waals surface area contributed by atoms with E-state index in [0.29, 0.717) is 27.7 Å². The number of nitrogens with zero attached hydrogens (tertiary/aromatic N) is 3. The van der Waals surface area contributed by atoms with E-state index in [2.05, 4.69) is 15.3 Å². The van der Waals surface area contributed by atoms with Crippen LogP contribution in [0.1, 0.15) is 27.5 Å². The molecule has 0 fully saturated rings. The Balaban J connectivity index is 1.69. The zero-order valence-corrected chi connectivity index (χ0v) is 18.7. The highest BCUT2D eigenvalue weighted by atomic mass is 35.5. The quantitative estimate of drug-likeness (QED) is 0.528. The number of carbonyl (C=O) groups excluding carboxylic acids is 1. The van der Waals surface area contributed by atoms with Crippen molar-refractivity contribution < 1.29 is 9.53 Å². The van der Waals surface area contributed by atoms with E-state index < -0.39 is 0 Å². The number of nitrogens with two attached hydrogens (primary N) is 1. The average Bonchev–Trinajstić information content (AvgIpc) is 2.75. The van der Waals surface area contributed by atoms with E-state index in [4.69, 9.17) is 33.7 Å². The molecule has 1 aromatic carbocycles. The molecule has 2 heterocycles. The van der Waals surface area contributed by atoms with E-state index in [1.165, 1.54) is 6.20 Å². The number of rotatable bonds is 8. The maximum absolute atomic E-state index is 12.7. The van der Waals surface area contributed by atoms with Crippen LogP contribution >= 0.6 is 23.2 Å². The molecule has 9 heteroatoms. The molecular formula is C22H23Cl2N5O2. The maximum Gasteiger partial charge on any atom is 0.253 e. The summed E-state index contributed by atoms with van der Waals surface area (Å²) in [5.41, 5.74) is 7.89. The van der Waals surface area contributed by atoms with Crippen molar-refractivity contribution in [1.29, 1.82) is 0 Å². The average molecular weight is 460 g/mol. The molecule has 0 radical (unpaired) electrons. The molecule has 1 atom stereocenters. The van der Waals surface area contributed by atoms with Crippen molar-refractivity contribution >= 4 is 34.9 Å². The third-order valence-corrected chi connectivity index (χ3v) is 5.43. The summed E-state index contributed by atoms with van der Waals surface area (Å²) in [7, 11) is 3.89. The molecule has 0 saturated heterocycles. The Morgan fingerprint density at radius 1 is 1.19 bits per heavy atom. The molecule has 3 N–H and O–H groups in total. The topological polar surface area (TPSA) is 93.4 Å². The number of aromatic nitrogens is 2. The van der Waals surface area contributed by atoms with Gasteiger partial charge in [-0.2, -0.15) is 0 Å². The van der Waals surface area contributed by atoms with Crippen molar-refractivity contribution in [2.45, 2.75) is 12.6 Å². The molecule has 2 aromatic heterocycles. The maximum atomic E-state index is 12.7. The Labute approximate surface area is 191 Å². The number of carbonyl (C=O) groups is 1. The number of hydrogen-bond donors (Lipinski definition) is 2. The fourth-order valence-electron chi connectivity index (χ4n) is 2.98. The van der Waals surface area contributed by atoms with E-state index in [0.717, 1.165) is 5.56 Å². The van der Waals surface area contributed by atoms with Crippen LogP contribution in [0.2, 0.25) is 10.0 Å². The van der Waals surface area contributed by atoms with Crippen LogP contribution < -0.4 is 15.8 Å². The van der Waals surface area contributed by atoms with Gasteiger partial charge in [-0.3, -0.25) is 9.78 Å². The van der Waals surface area contributed by atoms with Gasteiger partial charge in [-0.25, -0.2) is 4.98 Å². The minimum atomic E-state index is -0.288. The first-order valence-electron chi connectivity index (χ1n) is 9.52. The first-order valence-corrected chi connectivity index (χ1v) is 10.3. The molecule has 1 amide bonds. The van der Waals surface area contributed by atoms with Crippen molar-refractivity contribution in [3.63, 3.8) is 0 Å². The number of hydrogen-bond acceptors (Lipinski definition) is 6. The van der Waals surface area contributed by atoms with Gasteiger partial charge in [-0.1, -0.05) is 35.3 Å². The number of benzene rings is 1. The highest BCUT2D eigenvalue weighted by molar-refractivity contribution is 6.35. The Kier molecular flexibility index (Phi) is 7.68. The molecule has 0 spiro atoms. The Morgan fingerprint density at radius 3 is 2.58 bits per heavy atom. The molecule has 3 rings (SSSR count). The summed E-state index contributed by atoms with van der Waals surface area (Å²) in [6.07, 6.45) is 4.91. The van der Waals surface area contributed by atoms with Crippen LogP contribution in [0.25, 0.3) is 0 Å². The van der Waals surface area contributed by atoms with Crippen LogP contribution in [0.3, 0.4) is 0 Å². The SMILES string of the molecule is CN(C)C(CNC(=O)c1cnc(N)c(OCc2c(Cl)cccc2Cl)c1)c1cccnc1. The minimum absolute atomic E-state index is 0.0301. The smallest absolute Gasteiger partial charge is 0.253 e. The second kappa shape index (κ2) is 10.4. The van der Waals surface area contributed by atoms with E-state index >= 15 is 0 Å². The lowest BCUT2D eigenvalue weighted by Crippen LogP contribution is -2.34. The van der Waals surface area contributed by atoms with Gasteiger partial charge in [0.05, 0.1) is 11.6 Å². The fraction of sp³-hybridized carbons (Fsp3) is 0.227. The van der Waals surface area contributed by atoms with Gasteiger partial charge in [0.15, 0.2) is 11.6 Å². The highest BCUT2D eigenvalue weighted by Gasteiger charge is 2.17. The number of halogens is 2. The third-order valence-electron chi connectivity index (χ3n) is 4.73. The summed E-state index contributed by atoms with van der Waals surface area (Å²) >= 11 is 12.4. The molecule has 31 heavy (non-hydrogen) atoms. The number of anilines is 1. The van der Waals surface area contributed by atoms with E-state index in [1.54, 1.807) is 36.7 Å². The monoisotopic (exact) mass is 459 g/mol.